The summed E-state index contributed by atoms with van der Waals surface area (Å²) >= 11 is 0. The van der Waals surface area contributed by atoms with Crippen LogP contribution in [0.1, 0.15) is 18.4 Å². The second-order valence-electron chi connectivity index (χ2n) is 4.96. The van der Waals surface area contributed by atoms with Crippen molar-refractivity contribution >= 4 is 18.2 Å². The lowest BCUT2D eigenvalue weighted by molar-refractivity contribution is -0.122. The largest absolute Gasteiger partial charge is 0.370 e. The van der Waals surface area contributed by atoms with Crippen LogP contribution in [0, 0.1) is 5.41 Å². The summed E-state index contributed by atoms with van der Waals surface area (Å²) in [6, 6.07) is 7.96. The van der Waals surface area contributed by atoms with Crippen LogP contribution in [0.5, 0.6) is 0 Å². The highest BCUT2D eigenvalue weighted by molar-refractivity contribution is 5.84. The van der Waals surface area contributed by atoms with Gasteiger partial charge in [-0.25, -0.2) is 0 Å². The molecule has 1 amide bonds. The van der Waals surface area contributed by atoms with Crippen molar-refractivity contribution in [2.24, 2.45) is 11.5 Å². The molecule has 0 aliphatic heterocycles. The maximum Gasteiger partial charge on any atom is 0.237 e. The molecule has 0 unspecified atom stereocenters. The molecule has 0 fully saturated rings. The summed E-state index contributed by atoms with van der Waals surface area (Å²) in [5.41, 5.74) is 11.9. The minimum Gasteiger partial charge on any atom is -0.370 e. The third kappa shape index (κ3) is 6.85. The van der Waals surface area contributed by atoms with Crippen molar-refractivity contribution in [3.05, 3.63) is 35.9 Å². The highest BCUT2D eigenvalue weighted by Gasteiger charge is 2.18. The molecule has 0 saturated heterocycles. The van der Waals surface area contributed by atoms with Crippen molar-refractivity contribution < 1.29 is 9.59 Å². The van der Waals surface area contributed by atoms with E-state index in [1.165, 1.54) is 0 Å². The van der Waals surface area contributed by atoms with Crippen molar-refractivity contribution in [2.45, 2.75) is 31.3 Å². The Morgan fingerprint density at radius 1 is 1.32 bits per heavy atom. The van der Waals surface area contributed by atoms with Crippen LogP contribution in [0.25, 0.3) is 0 Å². The second-order valence-corrected chi connectivity index (χ2v) is 4.96. The molecule has 0 aliphatic carbocycles. The fourth-order valence-corrected chi connectivity index (χ4v) is 1.93. The molecule has 0 heterocycles. The van der Waals surface area contributed by atoms with Crippen molar-refractivity contribution in [3.8, 4) is 0 Å². The number of amides is 1. The summed E-state index contributed by atoms with van der Waals surface area (Å²) in [4.78, 5) is 22.9. The van der Waals surface area contributed by atoms with Gasteiger partial charge < -0.3 is 22.1 Å². The Morgan fingerprint density at radius 2 is 2.00 bits per heavy atom. The van der Waals surface area contributed by atoms with Gasteiger partial charge in [-0.15, -0.1) is 0 Å². The van der Waals surface area contributed by atoms with E-state index in [4.69, 9.17) is 16.9 Å². The predicted molar refractivity (Wildman–Crippen MR) is 84.9 cm³/mol. The number of carbonyl (C=O) groups is 1. The number of nitrogens with two attached hydrogens (primary N) is 2. The zero-order valence-corrected chi connectivity index (χ0v) is 12.3. The van der Waals surface area contributed by atoms with Gasteiger partial charge in [0, 0.05) is 13.0 Å². The van der Waals surface area contributed by atoms with E-state index >= 15 is 0 Å². The lowest BCUT2D eigenvalue weighted by Crippen LogP contribution is -2.47. The van der Waals surface area contributed by atoms with Gasteiger partial charge in [-0.2, -0.15) is 0 Å². The standard InChI is InChI=1S/C15H22N5O2/c16-13(7-4-8-19-15(17)18)14(22)20-12(10-21)9-11-5-2-1-3-6-11/h1-3,5-6,12-13H,4,7-9,16H2,(H,20,22)(H4,17,18,19)/t12-,13-/m0/s1. The van der Waals surface area contributed by atoms with E-state index in [9.17, 15) is 9.59 Å². The smallest absolute Gasteiger partial charge is 0.237 e. The molecule has 0 aliphatic rings. The Morgan fingerprint density at radius 3 is 2.59 bits per heavy atom. The van der Waals surface area contributed by atoms with Crippen molar-refractivity contribution in [1.29, 1.82) is 5.41 Å². The van der Waals surface area contributed by atoms with E-state index in [1.54, 1.807) is 0 Å². The van der Waals surface area contributed by atoms with E-state index in [2.05, 4.69) is 10.6 Å². The van der Waals surface area contributed by atoms with Gasteiger partial charge in [0.1, 0.15) is 0 Å². The maximum atomic E-state index is 11.9. The minimum atomic E-state index is -0.712. The molecule has 0 aromatic heterocycles. The van der Waals surface area contributed by atoms with Crippen LogP contribution in [-0.4, -0.2) is 36.8 Å². The van der Waals surface area contributed by atoms with Gasteiger partial charge in [-0.1, -0.05) is 30.3 Å². The van der Waals surface area contributed by atoms with Crippen molar-refractivity contribution in [2.75, 3.05) is 6.54 Å². The van der Waals surface area contributed by atoms with Gasteiger partial charge in [0.05, 0.1) is 12.1 Å². The van der Waals surface area contributed by atoms with Gasteiger partial charge in [-0.05, 0) is 18.4 Å². The van der Waals surface area contributed by atoms with Crippen molar-refractivity contribution in [1.82, 2.24) is 10.6 Å². The van der Waals surface area contributed by atoms with E-state index in [0.29, 0.717) is 25.8 Å². The third-order valence-corrected chi connectivity index (χ3v) is 3.09. The first-order valence-corrected chi connectivity index (χ1v) is 7.08. The Labute approximate surface area is 130 Å². The number of carbonyl (C=O) groups excluding carboxylic acids is 2. The van der Waals surface area contributed by atoms with E-state index in [1.807, 2.05) is 36.6 Å². The van der Waals surface area contributed by atoms with Crippen LogP contribution in [0.4, 0.5) is 0 Å². The fraction of sp³-hybridized carbons (Fsp3) is 0.400. The zero-order chi connectivity index (χ0) is 16.4. The summed E-state index contributed by atoms with van der Waals surface area (Å²) in [6.07, 6.45) is 3.24. The Kier molecular flexibility index (Phi) is 7.63. The number of nitrogens with one attached hydrogen (secondary N) is 3. The second kappa shape index (κ2) is 9.51. The zero-order valence-electron chi connectivity index (χ0n) is 12.3. The first-order chi connectivity index (χ1) is 10.5. The van der Waals surface area contributed by atoms with Crippen molar-refractivity contribution in [3.63, 3.8) is 0 Å². The first kappa shape index (κ1) is 17.6. The number of rotatable bonds is 9. The molecule has 1 aromatic rings. The van der Waals surface area contributed by atoms with Crippen LogP contribution >= 0.6 is 0 Å². The lowest BCUT2D eigenvalue weighted by Gasteiger charge is -2.16. The maximum absolute atomic E-state index is 11.9. The fourth-order valence-electron chi connectivity index (χ4n) is 1.93. The summed E-state index contributed by atoms with van der Waals surface area (Å²) < 4.78 is 0. The van der Waals surface area contributed by atoms with Crippen LogP contribution < -0.4 is 22.1 Å². The van der Waals surface area contributed by atoms with Crippen LogP contribution in [0.3, 0.4) is 0 Å². The highest BCUT2D eigenvalue weighted by Crippen LogP contribution is 2.03. The Hall–Kier alpha value is -2.41. The Balaban J connectivity index is 2.37. The number of benzene rings is 1. The molecule has 2 atom stereocenters. The molecule has 7 nitrogen and oxygen atoms in total. The van der Waals surface area contributed by atoms with Gasteiger partial charge >= 0.3 is 0 Å². The van der Waals surface area contributed by atoms with E-state index < -0.39 is 12.1 Å². The molecule has 1 rings (SSSR count). The normalized spacial score (nSPS) is 13.0. The molecule has 22 heavy (non-hydrogen) atoms. The molecule has 7 heteroatoms. The topological polar surface area (TPSA) is 134 Å². The van der Waals surface area contributed by atoms with Gasteiger partial charge in [-0.3, -0.25) is 15.0 Å². The van der Waals surface area contributed by atoms with E-state index in [-0.39, 0.29) is 11.9 Å². The lowest BCUT2D eigenvalue weighted by atomic mass is 10.1. The molecule has 0 bridgehead atoms. The summed E-state index contributed by atoms with van der Waals surface area (Å²) in [5.74, 6) is -0.497. The average Bonchev–Trinajstić information content (AvgIpc) is 2.51. The molecular weight excluding hydrogens is 282 g/mol. The monoisotopic (exact) mass is 304 g/mol. The highest BCUT2D eigenvalue weighted by atomic mass is 16.2. The Bertz CT molecular complexity index is 492. The van der Waals surface area contributed by atoms with Gasteiger partial charge in [0.15, 0.2) is 5.96 Å². The predicted octanol–water partition coefficient (Wildman–Crippen LogP) is -0.586. The minimum absolute atomic E-state index is 0.114. The molecule has 0 saturated carbocycles. The SMILES string of the molecule is N=C(N)NCCC[C@H](N)C(=O)N[C@H]([C]=O)Cc1ccccc1. The quantitative estimate of drug-likeness (QED) is 0.236. The van der Waals surface area contributed by atoms with Crippen LogP contribution in [-0.2, 0) is 16.0 Å². The number of hydrogen-bond donors (Lipinski definition) is 5. The molecule has 7 N–H and O–H groups in total. The van der Waals surface area contributed by atoms with Crippen LogP contribution in [0.15, 0.2) is 30.3 Å². The van der Waals surface area contributed by atoms with Crippen LogP contribution in [0.2, 0.25) is 0 Å². The molecule has 0 spiro atoms. The first-order valence-electron chi connectivity index (χ1n) is 7.08. The summed E-state index contributed by atoms with van der Waals surface area (Å²) in [5, 5.41) is 12.2. The third-order valence-electron chi connectivity index (χ3n) is 3.09. The molecule has 119 valence electrons. The summed E-state index contributed by atoms with van der Waals surface area (Å²) in [6.45, 7) is 0.476. The number of guanidine groups is 1. The van der Waals surface area contributed by atoms with Gasteiger partial charge in [0.25, 0.3) is 0 Å². The molecule has 1 radical (unpaired) electrons. The van der Waals surface area contributed by atoms with E-state index in [0.717, 1.165) is 5.56 Å². The molecule has 1 aromatic carbocycles. The average molecular weight is 304 g/mol. The molecular formula is C15H22N5O2. The summed E-state index contributed by atoms with van der Waals surface area (Å²) in [7, 11) is 0. The number of hydrogen-bond acceptors (Lipinski definition) is 4. The van der Waals surface area contributed by atoms with Gasteiger partial charge in [0.2, 0.25) is 12.2 Å².